The van der Waals surface area contributed by atoms with Gasteiger partial charge in [0.15, 0.2) is 0 Å². The zero-order valence-electron chi connectivity index (χ0n) is 10.7. The fraction of sp³-hybridized carbons (Fsp3) is 0.235. The average molecular weight is 252 g/mol. The quantitative estimate of drug-likeness (QED) is 0.881. The van der Waals surface area contributed by atoms with Crippen molar-refractivity contribution in [2.75, 3.05) is 0 Å². The minimum Gasteiger partial charge on any atom is -0.478 e. The molecule has 1 unspecified atom stereocenters. The second-order valence-electron chi connectivity index (χ2n) is 5.04. The molecule has 2 aromatic carbocycles. The average Bonchev–Trinajstić information content (AvgIpc) is 2.46. The lowest BCUT2D eigenvalue weighted by molar-refractivity contribution is 0.0695. The van der Waals surface area contributed by atoms with Gasteiger partial charge in [-0.2, -0.15) is 0 Å². The minimum atomic E-state index is -0.835. The van der Waals surface area contributed by atoms with Crippen LogP contribution in [0.25, 0.3) is 0 Å². The molecule has 2 heteroatoms. The molecule has 0 aromatic heterocycles. The standard InChI is InChI=1S/C17H16O2/c18-17(19)16-10-4-3-9-15(16)14-11-5-7-12-6-1-2-8-13(12)14/h1-4,6,8-10,14H,5,7,11H2,(H,18,19). The summed E-state index contributed by atoms with van der Waals surface area (Å²) in [5.74, 6) is -0.615. The fourth-order valence-corrected chi connectivity index (χ4v) is 3.07. The molecule has 0 amide bonds. The van der Waals surface area contributed by atoms with Gasteiger partial charge in [0.2, 0.25) is 0 Å². The van der Waals surface area contributed by atoms with Gasteiger partial charge in [0.25, 0.3) is 0 Å². The monoisotopic (exact) mass is 252 g/mol. The van der Waals surface area contributed by atoms with Crippen molar-refractivity contribution in [3.8, 4) is 0 Å². The third-order valence-electron chi connectivity index (χ3n) is 3.94. The Morgan fingerprint density at radius 3 is 2.47 bits per heavy atom. The maximum atomic E-state index is 11.4. The first-order valence-electron chi connectivity index (χ1n) is 6.67. The summed E-state index contributed by atoms with van der Waals surface area (Å²) in [5.41, 5.74) is 4.03. The smallest absolute Gasteiger partial charge is 0.335 e. The molecule has 3 rings (SSSR count). The summed E-state index contributed by atoms with van der Waals surface area (Å²) in [6.45, 7) is 0. The Labute approximate surface area is 112 Å². The van der Waals surface area contributed by atoms with Crippen LogP contribution in [0.15, 0.2) is 48.5 Å². The highest BCUT2D eigenvalue weighted by Gasteiger charge is 2.24. The number of aryl methyl sites for hydroxylation is 1. The van der Waals surface area contributed by atoms with E-state index in [4.69, 9.17) is 0 Å². The summed E-state index contributed by atoms with van der Waals surface area (Å²) in [5, 5.41) is 9.34. The van der Waals surface area contributed by atoms with Gasteiger partial charge in [-0.1, -0.05) is 42.5 Å². The maximum absolute atomic E-state index is 11.4. The first-order valence-corrected chi connectivity index (χ1v) is 6.67. The Bertz CT molecular complexity index is 616. The molecule has 0 aliphatic heterocycles. The van der Waals surface area contributed by atoms with Crippen LogP contribution in [0.1, 0.15) is 45.8 Å². The second-order valence-corrected chi connectivity index (χ2v) is 5.04. The predicted octanol–water partition coefficient (Wildman–Crippen LogP) is 3.85. The lowest BCUT2D eigenvalue weighted by Gasteiger charge is -2.26. The molecule has 0 saturated heterocycles. The van der Waals surface area contributed by atoms with Crippen molar-refractivity contribution in [1.29, 1.82) is 0 Å². The summed E-state index contributed by atoms with van der Waals surface area (Å²) < 4.78 is 0. The number of carboxylic acid groups (broad SMARTS) is 1. The van der Waals surface area contributed by atoms with Gasteiger partial charge in [-0.05, 0) is 42.0 Å². The highest BCUT2D eigenvalue weighted by atomic mass is 16.4. The van der Waals surface area contributed by atoms with Crippen LogP contribution >= 0.6 is 0 Å². The van der Waals surface area contributed by atoms with Crippen molar-refractivity contribution in [3.05, 3.63) is 70.8 Å². The molecule has 1 atom stereocenters. The number of fused-ring (bicyclic) bond motifs is 1. The number of hydrogen-bond donors (Lipinski definition) is 1. The van der Waals surface area contributed by atoms with Crippen molar-refractivity contribution >= 4 is 5.97 Å². The second kappa shape index (κ2) is 4.88. The fourth-order valence-electron chi connectivity index (χ4n) is 3.07. The molecular formula is C17H16O2. The van der Waals surface area contributed by atoms with Gasteiger partial charge < -0.3 is 5.11 Å². The van der Waals surface area contributed by atoms with E-state index in [0.717, 1.165) is 24.8 Å². The normalized spacial score (nSPS) is 17.8. The Morgan fingerprint density at radius 2 is 1.68 bits per heavy atom. The van der Waals surface area contributed by atoms with Gasteiger partial charge >= 0.3 is 5.97 Å². The third-order valence-corrected chi connectivity index (χ3v) is 3.94. The molecule has 1 aliphatic rings. The first-order chi connectivity index (χ1) is 9.27. The van der Waals surface area contributed by atoms with E-state index in [-0.39, 0.29) is 5.92 Å². The summed E-state index contributed by atoms with van der Waals surface area (Å²) in [7, 11) is 0. The van der Waals surface area contributed by atoms with Crippen molar-refractivity contribution in [2.24, 2.45) is 0 Å². The maximum Gasteiger partial charge on any atom is 0.335 e. The Kier molecular flexibility index (Phi) is 3.08. The van der Waals surface area contributed by atoms with E-state index < -0.39 is 5.97 Å². The molecule has 0 spiro atoms. The van der Waals surface area contributed by atoms with E-state index in [0.29, 0.717) is 5.56 Å². The van der Waals surface area contributed by atoms with Gasteiger partial charge in [-0.25, -0.2) is 4.79 Å². The van der Waals surface area contributed by atoms with Crippen molar-refractivity contribution < 1.29 is 9.90 Å². The molecule has 96 valence electrons. The molecule has 2 nitrogen and oxygen atoms in total. The van der Waals surface area contributed by atoms with Crippen LogP contribution in [0.5, 0.6) is 0 Å². The topological polar surface area (TPSA) is 37.3 Å². The van der Waals surface area contributed by atoms with E-state index in [1.807, 2.05) is 18.2 Å². The Balaban J connectivity index is 2.12. The van der Waals surface area contributed by atoms with Crippen molar-refractivity contribution in [2.45, 2.75) is 25.2 Å². The lowest BCUT2D eigenvalue weighted by Crippen LogP contribution is -2.14. The summed E-state index contributed by atoms with van der Waals surface area (Å²) in [6, 6.07) is 15.8. The highest BCUT2D eigenvalue weighted by molar-refractivity contribution is 5.89. The number of carbonyl (C=O) groups is 1. The minimum absolute atomic E-state index is 0.220. The summed E-state index contributed by atoms with van der Waals surface area (Å²) in [6.07, 6.45) is 3.25. The SMILES string of the molecule is O=C(O)c1ccccc1C1CCCc2ccccc21. The van der Waals surface area contributed by atoms with E-state index in [2.05, 4.69) is 18.2 Å². The van der Waals surface area contributed by atoms with Crippen LogP contribution in [-0.2, 0) is 6.42 Å². The van der Waals surface area contributed by atoms with E-state index in [1.165, 1.54) is 11.1 Å². The van der Waals surface area contributed by atoms with Gasteiger partial charge in [0.05, 0.1) is 5.56 Å². The summed E-state index contributed by atoms with van der Waals surface area (Å²) in [4.78, 5) is 11.4. The van der Waals surface area contributed by atoms with E-state index >= 15 is 0 Å². The van der Waals surface area contributed by atoms with Gasteiger partial charge in [-0.3, -0.25) is 0 Å². The number of carboxylic acids is 1. The van der Waals surface area contributed by atoms with Gasteiger partial charge in [-0.15, -0.1) is 0 Å². The molecule has 0 radical (unpaired) electrons. The highest BCUT2D eigenvalue weighted by Crippen LogP contribution is 2.37. The molecule has 0 fully saturated rings. The van der Waals surface area contributed by atoms with Gasteiger partial charge in [0.1, 0.15) is 0 Å². The molecule has 1 N–H and O–H groups in total. The molecule has 0 bridgehead atoms. The van der Waals surface area contributed by atoms with Crippen LogP contribution < -0.4 is 0 Å². The summed E-state index contributed by atoms with van der Waals surface area (Å²) >= 11 is 0. The van der Waals surface area contributed by atoms with Crippen LogP contribution in [0, 0.1) is 0 Å². The molecule has 19 heavy (non-hydrogen) atoms. The third kappa shape index (κ3) is 2.14. The van der Waals surface area contributed by atoms with Crippen molar-refractivity contribution in [3.63, 3.8) is 0 Å². The van der Waals surface area contributed by atoms with E-state index in [9.17, 15) is 9.90 Å². The zero-order valence-corrected chi connectivity index (χ0v) is 10.7. The van der Waals surface area contributed by atoms with Crippen molar-refractivity contribution in [1.82, 2.24) is 0 Å². The van der Waals surface area contributed by atoms with Crippen LogP contribution in [0.4, 0.5) is 0 Å². The lowest BCUT2D eigenvalue weighted by atomic mass is 9.77. The number of benzene rings is 2. The number of rotatable bonds is 2. The Hall–Kier alpha value is -2.09. The van der Waals surface area contributed by atoms with Crippen LogP contribution in [0.3, 0.4) is 0 Å². The zero-order chi connectivity index (χ0) is 13.2. The molecule has 2 aromatic rings. The Morgan fingerprint density at radius 1 is 1.00 bits per heavy atom. The molecule has 1 aliphatic carbocycles. The largest absolute Gasteiger partial charge is 0.478 e. The van der Waals surface area contributed by atoms with E-state index in [1.54, 1.807) is 12.1 Å². The molecular weight excluding hydrogens is 236 g/mol. The number of hydrogen-bond acceptors (Lipinski definition) is 1. The van der Waals surface area contributed by atoms with Gasteiger partial charge in [0, 0.05) is 5.92 Å². The predicted molar refractivity (Wildman–Crippen MR) is 74.6 cm³/mol. The van der Waals surface area contributed by atoms with Crippen LogP contribution in [0.2, 0.25) is 0 Å². The molecule has 0 heterocycles. The van der Waals surface area contributed by atoms with Crippen LogP contribution in [-0.4, -0.2) is 11.1 Å². The number of aromatic carboxylic acids is 1. The molecule has 0 saturated carbocycles. The first kappa shape index (κ1) is 12.0.